The molecule has 2 N–H and O–H groups in total. The van der Waals surface area contributed by atoms with Crippen molar-refractivity contribution in [1.29, 1.82) is 0 Å². The molecule has 1 unspecified atom stereocenters. The van der Waals surface area contributed by atoms with E-state index in [0.717, 1.165) is 19.5 Å². The van der Waals surface area contributed by atoms with Crippen LogP contribution in [-0.4, -0.2) is 53.6 Å². The fourth-order valence-electron chi connectivity index (χ4n) is 3.48. The van der Waals surface area contributed by atoms with Gasteiger partial charge in [-0.1, -0.05) is 0 Å². The average molecular weight is 241 g/mol. The summed E-state index contributed by atoms with van der Waals surface area (Å²) in [7, 11) is 2.23. The Morgan fingerprint density at radius 1 is 1.29 bits per heavy atom. The second-order valence-corrected chi connectivity index (χ2v) is 7.10. The Labute approximate surface area is 107 Å². The summed E-state index contributed by atoms with van der Waals surface area (Å²) >= 11 is 0. The Balaban J connectivity index is 3.02. The maximum atomic E-state index is 5.80. The van der Waals surface area contributed by atoms with Crippen LogP contribution in [0.3, 0.4) is 0 Å². The average Bonchev–Trinajstić information content (AvgIpc) is 2.22. The Morgan fingerprint density at radius 3 is 2.35 bits per heavy atom. The van der Waals surface area contributed by atoms with Gasteiger partial charge in [-0.3, -0.25) is 4.90 Å². The van der Waals surface area contributed by atoms with Crippen LogP contribution >= 0.6 is 0 Å². The predicted octanol–water partition coefficient (Wildman–Crippen LogP) is 1.92. The maximum absolute atomic E-state index is 5.80. The minimum Gasteiger partial charge on any atom is -0.330 e. The minimum absolute atomic E-state index is 0.203. The first kappa shape index (κ1) is 14.9. The highest BCUT2D eigenvalue weighted by molar-refractivity contribution is 4.97. The van der Waals surface area contributed by atoms with Crippen LogP contribution in [0.25, 0.3) is 0 Å². The van der Waals surface area contributed by atoms with Crippen LogP contribution in [0, 0.1) is 0 Å². The van der Waals surface area contributed by atoms with Crippen molar-refractivity contribution in [3.63, 3.8) is 0 Å². The lowest BCUT2D eigenvalue weighted by atomic mass is 9.89. The van der Waals surface area contributed by atoms with E-state index in [9.17, 15) is 0 Å². The minimum atomic E-state index is 0.203. The van der Waals surface area contributed by atoms with Gasteiger partial charge in [0.1, 0.15) is 0 Å². The van der Waals surface area contributed by atoms with Crippen LogP contribution in [-0.2, 0) is 0 Å². The van der Waals surface area contributed by atoms with Crippen molar-refractivity contribution in [2.45, 2.75) is 64.6 Å². The molecule has 17 heavy (non-hydrogen) atoms. The molecule has 0 aliphatic carbocycles. The number of rotatable bonds is 2. The summed E-state index contributed by atoms with van der Waals surface area (Å²) in [5.74, 6) is 0. The summed E-state index contributed by atoms with van der Waals surface area (Å²) in [6, 6.07) is 0.572. The Kier molecular flexibility index (Phi) is 4.61. The fraction of sp³-hybridized carbons (Fsp3) is 1.00. The van der Waals surface area contributed by atoms with Gasteiger partial charge < -0.3 is 10.6 Å². The highest BCUT2D eigenvalue weighted by atomic mass is 15.3. The topological polar surface area (TPSA) is 32.5 Å². The van der Waals surface area contributed by atoms with E-state index in [0.29, 0.717) is 6.04 Å². The molecule has 1 aliphatic heterocycles. The lowest BCUT2D eigenvalue weighted by Crippen LogP contribution is -2.59. The smallest absolute Gasteiger partial charge is 0.0245 e. The monoisotopic (exact) mass is 241 g/mol. The summed E-state index contributed by atoms with van der Waals surface area (Å²) in [5.41, 5.74) is 6.26. The number of nitrogens with zero attached hydrogens (tertiary/aromatic N) is 2. The third kappa shape index (κ3) is 3.67. The molecule has 3 heteroatoms. The number of nitrogens with two attached hydrogens (primary N) is 1. The van der Waals surface area contributed by atoms with E-state index in [4.69, 9.17) is 5.73 Å². The number of hydrogen-bond donors (Lipinski definition) is 1. The molecule has 1 fully saturated rings. The maximum Gasteiger partial charge on any atom is 0.0245 e. The van der Waals surface area contributed by atoms with Crippen molar-refractivity contribution in [2.24, 2.45) is 5.73 Å². The second kappa shape index (κ2) is 5.25. The molecule has 0 aromatic heterocycles. The Bertz CT molecular complexity index is 242. The number of likely N-dealkylation sites (N-methyl/N-ethyl adjacent to an activating group) is 1. The van der Waals surface area contributed by atoms with Crippen molar-refractivity contribution < 1.29 is 0 Å². The van der Waals surface area contributed by atoms with E-state index >= 15 is 0 Å². The zero-order valence-electron chi connectivity index (χ0n) is 12.6. The van der Waals surface area contributed by atoms with Gasteiger partial charge in [0.25, 0.3) is 0 Å². The van der Waals surface area contributed by atoms with Crippen molar-refractivity contribution in [1.82, 2.24) is 9.80 Å². The zero-order chi connectivity index (χ0) is 13.3. The zero-order valence-corrected chi connectivity index (χ0v) is 12.6. The van der Waals surface area contributed by atoms with Crippen molar-refractivity contribution in [3.8, 4) is 0 Å². The van der Waals surface area contributed by atoms with Gasteiger partial charge in [0.05, 0.1) is 0 Å². The summed E-state index contributed by atoms with van der Waals surface area (Å²) < 4.78 is 0. The van der Waals surface area contributed by atoms with Gasteiger partial charge in [0.15, 0.2) is 0 Å². The van der Waals surface area contributed by atoms with Gasteiger partial charge in [-0.15, -0.1) is 0 Å². The van der Waals surface area contributed by atoms with Crippen LogP contribution in [0.2, 0.25) is 0 Å². The van der Waals surface area contributed by atoms with Gasteiger partial charge >= 0.3 is 0 Å². The highest BCUT2D eigenvalue weighted by Crippen LogP contribution is 2.33. The van der Waals surface area contributed by atoms with Gasteiger partial charge in [0.2, 0.25) is 0 Å². The normalized spacial score (nSPS) is 28.1. The van der Waals surface area contributed by atoms with Crippen LogP contribution in [0.1, 0.15) is 47.5 Å². The van der Waals surface area contributed by atoms with E-state index < -0.39 is 0 Å². The third-order valence-corrected chi connectivity index (χ3v) is 3.87. The van der Waals surface area contributed by atoms with Crippen molar-refractivity contribution >= 4 is 0 Å². The van der Waals surface area contributed by atoms with E-state index in [2.05, 4.69) is 51.5 Å². The first-order chi connectivity index (χ1) is 7.68. The molecule has 0 aromatic rings. The Hall–Kier alpha value is -0.120. The molecule has 0 saturated carbocycles. The molecule has 3 nitrogen and oxygen atoms in total. The lowest BCUT2D eigenvalue weighted by Gasteiger charge is -2.50. The molecule has 1 atom stereocenters. The number of hydrogen-bond acceptors (Lipinski definition) is 3. The summed E-state index contributed by atoms with van der Waals surface area (Å²) in [6.07, 6.45) is 2.31. The lowest BCUT2D eigenvalue weighted by molar-refractivity contribution is -0.0116. The van der Waals surface area contributed by atoms with E-state index in [1.807, 2.05) is 0 Å². The van der Waals surface area contributed by atoms with Gasteiger partial charge in [0, 0.05) is 23.7 Å². The summed E-state index contributed by atoms with van der Waals surface area (Å²) in [4.78, 5) is 5.14. The molecule has 0 amide bonds. The van der Waals surface area contributed by atoms with Crippen molar-refractivity contribution in [3.05, 3.63) is 0 Å². The highest BCUT2D eigenvalue weighted by Gasteiger charge is 2.41. The molecule has 1 rings (SSSR count). The second-order valence-electron chi connectivity index (χ2n) is 7.10. The summed E-state index contributed by atoms with van der Waals surface area (Å²) in [5, 5.41) is 0. The SMILES string of the molecule is CN1CCC(C)(C)N(C(C)(C)C)C(CCN)C1. The van der Waals surface area contributed by atoms with E-state index in [1.165, 1.54) is 13.0 Å². The van der Waals surface area contributed by atoms with Gasteiger partial charge in [-0.05, 0) is 67.6 Å². The fourth-order valence-corrected chi connectivity index (χ4v) is 3.48. The molecule has 0 spiro atoms. The van der Waals surface area contributed by atoms with Gasteiger partial charge in [-0.2, -0.15) is 0 Å². The van der Waals surface area contributed by atoms with E-state index in [1.54, 1.807) is 0 Å². The molecule has 0 radical (unpaired) electrons. The first-order valence-corrected chi connectivity index (χ1v) is 6.86. The van der Waals surface area contributed by atoms with E-state index in [-0.39, 0.29) is 11.1 Å². The predicted molar refractivity (Wildman–Crippen MR) is 75.2 cm³/mol. The summed E-state index contributed by atoms with van der Waals surface area (Å²) in [6.45, 7) is 14.8. The molecule has 0 bridgehead atoms. The van der Waals surface area contributed by atoms with Crippen molar-refractivity contribution in [2.75, 3.05) is 26.7 Å². The largest absolute Gasteiger partial charge is 0.330 e. The quantitative estimate of drug-likeness (QED) is 0.802. The molecular formula is C14H31N3. The van der Waals surface area contributed by atoms with Crippen LogP contribution in [0.4, 0.5) is 0 Å². The van der Waals surface area contributed by atoms with Crippen LogP contribution in [0.5, 0.6) is 0 Å². The first-order valence-electron chi connectivity index (χ1n) is 6.86. The van der Waals surface area contributed by atoms with Crippen LogP contribution in [0.15, 0.2) is 0 Å². The molecule has 1 saturated heterocycles. The molecule has 102 valence electrons. The molecule has 1 heterocycles. The Morgan fingerprint density at radius 2 is 1.88 bits per heavy atom. The third-order valence-electron chi connectivity index (χ3n) is 3.87. The standard InChI is InChI=1S/C14H31N3/c1-13(2,3)17-12(7-9-15)11-16(6)10-8-14(17,4)5/h12H,7-11,15H2,1-6H3. The van der Waals surface area contributed by atoms with Gasteiger partial charge in [-0.25, -0.2) is 0 Å². The molecule has 0 aromatic carbocycles. The molecular weight excluding hydrogens is 210 g/mol. The van der Waals surface area contributed by atoms with Crippen LogP contribution < -0.4 is 5.73 Å². The molecule has 1 aliphatic rings.